The van der Waals surface area contributed by atoms with Crippen molar-refractivity contribution >= 4 is 12.0 Å². The molecule has 0 radical (unpaired) electrons. The van der Waals surface area contributed by atoms with E-state index in [1.807, 2.05) is 25.7 Å². The predicted octanol–water partition coefficient (Wildman–Crippen LogP) is 3.33. The van der Waals surface area contributed by atoms with Crippen molar-refractivity contribution < 1.29 is 14.3 Å². The zero-order valence-electron chi connectivity index (χ0n) is 15.3. The van der Waals surface area contributed by atoms with E-state index in [0.29, 0.717) is 17.8 Å². The van der Waals surface area contributed by atoms with Gasteiger partial charge in [0, 0.05) is 25.6 Å². The molecule has 2 fully saturated rings. The Kier molecular flexibility index (Phi) is 5.27. The van der Waals surface area contributed by atoms with Crippen LogP contribution in [-0.2, 0) is 9.53 Å². The second-order valence-corrected chi connectivity index (χ2v) is 8.93. The fraction of sp³-hybridized carbons (Fsp3) is 0.889. The summed E-state index contributed by atoms with van der Waals surface area (Å²) < 4.78 is 5.25. The Hall–Kier alpha value is -1.26. The van der Waals surface area contributed by atoms with E-state index in [1.54, 1.807) is 0 Å². The first-order valence-electron chi connectivity index (χ1n) is 8.81. The number of nitrogens with zero attached hydrogens (tertiary/aromatic N) is 1. The summed E-state index contributed by atoms with van der Waals surface area (Å²) in [6.07, 6.45) is 4.20. The summed E-state index contributed by atoms with van der Waals surface area (Å²) in [5.41, 5.74) is -0.0963. The molecule has 0 aromatic carbocycles. The molecule has 5 nitrogen and oxygen atoms in total. The van der Waals surface area contributed by atoms with Gasteiger partial charge in [-0.1, -0.05) is 13.8 Å². The van der Waals surface area contributed by atoms with E-state index in [4.69, 9.17) is 4.74 Å². The molecule has 5 heteroatoms. The van der Waals surface area contributed by atoms with Crippen molar-refractivity contribution in [1.29, 1.82) is 0 Å². The van der Waals surface area contributed by atoms with E-state index in [9.17, 15) is 9.59 Å². The first-order chi connectivity index (χ1) is 10.5. The lowest BCUT2D eigenvalue weighted by molar-refractivity contribution is -0.135. The van der Waals surface area contributed by atoms with Crippen LogP contribution < -0.4 is 5.32 Å². The number of rotatable bonds is 3. The minimum absolute atomic E-state index is 0.155. The summed E-state index contributed by atoms with van der Waals surface area (Å²) in [6.45, 7) is 11.9. The van der Waals surface area contributed by atoms with Gasteiger partial charge in [0.15, 0.2) is 0 Å². The number of ether oxygens (including phenoxy) is 1. The Morgan fingerprint density at radius 3 is 2.26 bits per heavy atom. The van der Waals surface area contributed by atoms with Crippen molar-refractivity contribution in [2.24, 2.45) is 11.3 Å². The van der Waals surface area contributed by atoms with E-state index >= 15 is 0 Å². The highest BCUT2D eigenvalue weighted by atomic mass is 16.6. The topological polar surface area (TPSA) is 58.6 Å². The number of hydrogen-bond donors (Lipinski definition) is 1. The van der Waals surface area contributed by atoms with Crippen LogP contribution >= 0.6 is 0 Å². The van der Waals surface area contributed by atoms with Crippen LogP contribution in [0.3, 0.4) is 0 Å². The molecule has 132 valence electrons. The molecular formula is C18H32N2O3. The lowest BCUT2D eigenvalue weighted by Crippen LogP contribution is -2.48. The Balaban J connectivity index is 1.64. The maximum absolute atomic E-state index is 12.3. The number of hydrogen-bond acceptors (Lipinski definition) is 3. The number of alkyl carbamates (subject to hydrolysis) is 1. The van der Waals surface area contributed by atoms with Gasteiger partial charge in [0.05, 0.1) is 0 Å². The summed E-state index contributed by atoms with van der Waals surface area (Å²) in [5.74, 6) is 0.679. The zero-order chi connectivity index (χ0) is 17.3. The molecule has 0 unspecified atom stereocenters. The first-order valence-corrected chi connectivity index (χ1v) is 8.81. The smallest absolute Gasteiger partial charge is 0.407 e. The van der Waals surface area contributed by atoms with Gasteiger partial charge in [0.1, 0.15) is 5.60 Å². The average Bonchev–Trinajstić information content (AvgIpc) is 2.33. The van der Waals surface area contributed by atoms with Gasteiger partial charge in [0.25, 0.3) is 0 Å². The van der Waals surface area contributed by atoms with Crippen molar-refractivity contribution in [3.05, 3.63) is 0 Å². The number of carbonyl (C=O) groups excluding carboxylic acids is 2. The minimum Gasteiger partial charge on any atom is -0.444 e. The normalized spacial score (nSPS) is 27.1. The van der Waals surface area contributed by atoms with Crippen LogP contribution in [-0.4, -0.2) is 41.6 Å². The van der Waals surface area contributed by atoms with Crippen molar-refractivity contribution in [3.8, 4) is 0 Å². The van der Waals surface area contributed by atoms with Crippen LogP contribution in [0.5, 0.6) is 0 Å². The summed E-state index contributed by atoms with van der Waals surface area (Å²) in [4.78, 5) is 26.0. The molecule has 2 aliphatic rings. The number of amides is 2. The molecule has 1 saturated heterocycles. The van der Waals surface area contributed by atoms with Gasteiger partial charge in [-0.25, -0.2) is 4.79 Å². The molecular weight excluding hydrogens is 292 g/mol. The molecule has 1 aliphatic carbocycles. The molecule has 1 N–H and O–H groups in total. The monoisotopic (exact) mass is 324 g/mol. The highest BCUT2D eigenvalue weighted by Crippen LogP contribution is 2.33. The Morgan fingerprint density at radius 1 is 1.17 bits per heavy atom. The third-order valence-electron chi connectivity index (χ3n) is 4.89. The summed E-state index contributed by atoms with van der Waals surface area (Å²) in [6, 6.07) is 0.155. The molecule has 0 spiro atoms. The minimum atomic E-state index is -0.467. The van der Waals surface area contributed by atoms with Crippen molar-refractivity contribution in [1.82, 2.24) is 10.2 Å². The molecule has 0 aromatic rings. The van der Waals surface area contributed by atoms with Gasteiger partial charge < -0.3 is 15.0 Å². The maximum atomic E-state index is 12.3. The van der Waals surface area contributed by atoms with Crippen LogP contribution in [0.15, 0.2) is 0 Å². The summed E-state index contributed by atoms with van der Waals surface area (Å²) >= 11 is 0. The molecule has 1 saturated carbocycles. The second kappa shape index (κ2) is 6.70. The van der Waals surface area contributed by atoms with Gasteiger partial charge in [-0.2, -0.15) is 0 Å². The highest BCUT2D eigenvalue weighted by Gasteiger charge is 2.35. The first kappa shape index (κ1) is 18.1. The molecule has 1 aliphatic heterocycles. The maximum Gasteiger partial charge on any atom is 0.407 e. The number of piperidine rings is 1. The van der Waals surface area contributed by atoms with E-state index in [2.05, 4.69) is 19.2 Å². The van der Waals surface area contributed by atoms with Crippen LogP contribution in [0, 0.1) is 11.3 Å². The lowest BCUT2D eigenvalue weighted by Gasteiger charge is -2.40. The average molecular weight is 324 g/mol. The number of carbonyl (C=O) groups is 2. The molecule has 2 amide bonds. The number of nitrogens with one attached hydrogen (secondary N) is 1. The SMILES string of the molecule is CC1(C)CCN(C(=O)CC2CC(NC(=O)OC(C)(C)C)C2)CC1. The van der Waals surface area contributed by atoms with Crippen molar-refractivity contribution in [3.63, 3.8) is 0 Å². The fourth-order valence-corrected chi connectivity index (χ4v) is 3.23. The fourth-order valence-electron chi connectivity index (χ4n) is 3.23. The number of likely N-dealkylation sites (tertiary alicyclic amines) is 1. The van der Waals surface area contributed by atoms with Crippen molar-refractivity contribution in [2.75, 3.05) is 13.1 Å². The van der Waals surface area contributed by atoms with Gasteiger partial charge in [-0.15, -0.1) is 0 Å². The molecule has 23 heavy (non-hydrogen) atoms. The van der Waals surface area contributed by atoms with Gasteiger partial charge in [-0.05, 0) is 57.8 Å². The van der Waals surface area contributed by atoms with Crippen LogP contribution in [0.25, 0.3) is 0 Å². The third kappa shape index (κ3) is 5.70. The molecule has 2 rings (SSSR count). The van der Waals surface area contributed by atoms with Crippen molar-refractivity contribution in [2.45, 2.75) is 78.4 Å². The van der Waals surface area contributed by atoms with Gasteiger partial charge in [0.2, 0.25) is 5.91 Å². The largest absolute Gasteiger partial charge is 0.444 e. The van der Waals surface area contributed by atoms with Gasteiger partial charge >= 0.3 is 6.09 Å². The van der Waals surface area contributed by atoms with Gasteiger partial charge in [-0.3, -0.25) is 4.79 Å². The Morgan fingerprint density at radius 2 is 1.74 bits per heavy atom. The summed E-state index contributed by atoms with van der Waals surface area (Å²) in [5, 5.41) is 2.88. The predicted molar refractivity (Wildman–Crippen MR) is 90.1 cm³/mol. The van der Waals surface area contributed by atoms with E-state index in [0.717, 1.165) is 38.8 Å². The van der Waals surface area contributed by atoms with E-state index < -0.39 is 5.60 Å². The molecule has 1 heterocycles. The molecule has 0 aromatic heterocycles. The third-order valence-corrected chi connectivity index (χ3v) is 4.89. The second-order valence-electron chi connectivity index (χ2n) is 8.93. The zero-order valence-corrected chi connectivity index (χ0v) is 15.3. The Bertz CT molecular complexity index is 438. The molecule has 0 atom stereocenters. The van der Waals surface area contributed by atoms with E-state index in [1.165, 1.54) is 0 Å². The van der Waals surface area contributed by atoms with Crippen LogP contribution in [0.2, 0.25) is 0 Å². The standard InChI is InChI=1S/C18H32N2O3/c1-17(2,3)23-16(22)19-14-10-13(11-14)12-15(21)20-8-6-18(4,5)7-9-20/h13-14H,6-12H2,1-5H3,(H,19,22). The van der Waals surface area contributed by atoms with E-state index in [-0.39, 0.29) is 18.0 Å². The quantitative estimate of drug-likeness (QED) is 0.866. The van der Waals surface area contributed by atoms with Crippen LogP contribution in [0.4, 0.5) is 4.79 Å². The van der Waals surface area contributed by atoms with Crippen LogP contribution in [0.1, 0.15) is 66.7 Å². The Labute approximate surface area is 140 Å². The lowest BCUT2D eigenvalue weighted by atomic mass is 9.77. The summed E-state index contributed by atoms with van der Waals surface area (Å²) in [7, 11) is 0. The molecule has 0 bridgehead atoms. The highest BCUT2D eigenvalue weighted by molar-refractivity contribution is 5.76.